The van der Waals surface area contributed by atoms with Crippen LogP contribution in [0.2, 0.25) is 0 Å². The minimum absolute atomic E-state index is 0.137. The molecule has 0 bridgehead atoms. The van der Waals surface area contributed by atoms with Crippen LogP contribution >= 0.6 is 15.9 Å². The molecule has 0 radical (unpaired) electrons. The highest BCUT2D eigenvalue weighted by Gasteiger charge is 2.21. The van der Waals surface area contributed by atoms with Gasteiger partial charge in [0.1, 0.15) is 5.75 Å². The molecule has 9 heteroatoms. The number of halogens is 1. The zero-order valence-corrected chi connectivity index (χ0v) is 17.2. The first-order valence-corrected chi connectivity index (χ1v) is 9.13. The van der Waals surface area contributed by atoms with Crippen molar-refractivity contribution in [1.82, 2.24) is 0 Å². The van der Waals surface area contributed by atoms with Gasteiger partial charge in [-0.05, 0) is 34.1 Å². The summed E-state index contributed by atoms with van der Waals surface area (Å²) in [5.41, 5.74) is 0.151. The molecule has 0 fully saturated rings. The number of nitro benzene ring substituents is 1. The second-order valence-corrected chi connectivity index (χ2v) is 7.84. The maximum absolute atomic E-state index is 12.1. The Kier molecular flexibility index (Phi) is 6.74. The van der Waals surface area contributed by atoms with Gasteiger partial charge in [-0.15, -0.1) is 0 Å². The Morgan fingerprint density at radius 2 is 1.86 bits per heavy atom. The molecule has 0 aliphatic heterocycles. The van der Waals surface area contributed by atoms with Gasteiger partial charge in [0.25, 0.3) is 11.6 Å². The van der Waals surface area contributed by atoms with Crippen molar-refractivity contribution in [1.29, 1.82) is 0 Å². The number of carbonyl (C=O) groups is 2. The lowest BCUT2D eigenvalue weighted by Gasteiger charge is -2.18. The highest BCUT2D eigenvalue weighted by molar-refractivity contribution is 9.10. The predicted octanol–water partition coefficient (Wildman–Crippen LogP) is 4.36. The fraction of sp³-hybridized carbons (Fsp3) is 0.263. The van der Waals surface area contributed by atoms with Crippen LogP contribution in [-0.2, 0) is 9.59 Å². The van der Waals surface area contributed by atoms with Crippen molar-refractivity contribution < 1.29 is 19.2 Å². The Bertz CT molecular complexity index is 909. The highest BCUT2D eigenvalue weighted by Crippen LogP contribution is 2.27. The Labute approximate surface area is 170 Å². The fourth-order valence-corrected chi connectivity index (χ4v) is 2.39. The molecule has 0 aliphatic rings. The van der Waals surface area contributed by atoms with Gasteiger partial charge >= 0.3 is 0 Å². The third-order valence-electron chi connectivity index (χ3n) is 3.58. The topological polar surface area (TPSA) is 111 Å². The summed E-state index contributed by atoms with van der Waals surface area (Å²) in [5, 5.41) is 16.2. The molecular weight excluding hydrogens is 430 g/mol. The van der Waals surface area contributed by atoms with Gasteiger partial charge in [-0.1, -0.05) is 26.8 Å². The van der Waals surface area contributed by atoms with Crippen molar-refractivity contribution in [3.63, 3.8) is 0 Å². The maximum Gasteiger partial charge on any atom is 0.271 e. The summed E-state index contributed by atoms with van der Waals surface area (Å²) >= 11 is 3.23. The fourth-order valence-electron chi connectivity index (χ4n) is 2.04. The molecule has 0 atom stereocenters. The quantitative estimate of drug-likeness (QED) is 0.502. The number of hydrogen-bond acceptors (Lipinski definition) is 5. The first kappa shape index (κ1) is 21.4. The molecule has 0 aromatic heterocycles. The predicted molar refractivity (Wildman–Crippen MR) is 109 cm³/mol. The van der Waals surface area contributed by atoms with Gasteiger partial charge in [-0.25, -0.2) is 0 Å². The van der Waals surface area contributed by atoms with E-state index in [2.05, 4.69) is 26.6 Å². The Morgan fingerprint density at radius 1 is 1.14 bits per heavy atom. The zero-order chi connectivity index (χ0) is 20.9. The number of hydrogen-bond donors (Lipinski definition) is 2. The van der Waals surface area contributed by atoms with Gasteiger partial charge in [0.2, 0.25) is 5.91 Å². The van der Waals surface area contributed by atoms with Crippen molar-refractivity contribution in [2.75, 3.05) is 17.2 Å². The minimum atomic E-state index is -0.546. The first-order valence-electron chi connectivity index (χ1n) is 8.34. The molecule has 2 rings (SSSR count). The molecule has 8 nitrogen and oxygen atoms in total. The molecular formula is C19H20BrN3O5. The lowest BCUT2D eigenvalue weighted by atomic mass is 9.95. The second kappa shape index (κ2) is 8.83. The van der Waals surface area contributed by atoms with Crippen LogP contribution in [0.1, 0.15) is 20.8 Å². The van der Waals surface area contributed by atoms with Crippen molar-refractivity contribution in [2.45, 2.75) is 20.8 Å². The molecule has 28 heavy (non-hydrogen) atoms. The van der Waals surface area contributed by atoms with E-state index in [1.165, 1.54) is 18.2 Å². The normalized spacial score (nSPS) is 10.9. The summed E-state index contributed by atoms with van der Waals surface area (Å²) < 4.78 is 5.97. The average molecular weight is 450 g/mol. The molecule has 2 aromatic rings. The molecule has 0 saturated carbocycles. The van der Waals surface area contributed by atoms with E-state index in [1.54, 1.807) is 45.0 Å². The van der Waals surface area contributed by atoms with Gasteiger partial charge in [0, 0.05) is 33.8 Å². The van der Waals surface area contributed by atoms with E-state index in [0.717, 1.165) is 0 Å². The Balaban J connectivity index is 1.98. The number of benzene rings is 2. The largest absolute Gasteiger partial charge is 0.484 e. The summed E-state index contributed by atoms with van der Waals surface area (Å²) in [5.74, 6) is -0.219. The molecule has 2 amide bonds. The lowest BCUT2D eigenvalue weighted by molar-refractivity contribution is -0.384. The molecule has 2 N–H and O–H groups in total. The third kappa shape index (κ3) is 6.05. The van der Waals surface area contributed by atoms with Crippen molar-refractivity contribution in [3.05, 3.63) is 57.1 Å². The van der Waals surface area contributed by atoms with Gasteiger partial charge in [-0.2, -0.15) is 0 Å². The van der Waals surface area contributed by atoms with E-state index >= 15 is 0 Å². The van der Waals surface area contributed by atoms with Crippen molar-refractivity contribution >= 4 is 44.8 Å². The number of amides is 2. The summed E-state index contributed by atoms with van der Waals surface area (Å²) in [6.07, 6.45) is 0. The molecule has 148 valence electrons. The van der Waals surface area contributed by atoms with E-state index in [9.17, 15) is 19.7 Å². The van der Waals surface area contributed by atoms with Crippen LogP contribution in [-0.4, -0.2) is 23.3 Å². The number of carbonyl (C=O) groups excluding carboxylic acids is 2. The SMILES string of the molecule is CC(C)(C)C(=O)Nc1cccc(OCC(=O)Nc2cc([N+](=O)[O-])ccc2Br)c1. The van der Waals surface area contributed by atoms with Crippen LogP contribution in [0.15, 0.2) is 46.9 Å². The molecule has 0 unspecified atom stereocenters. The Hall–Kier alpha value is -2.94. The maximum atomic E-state index is 12.1. The van der Waals surface area contributed by atoms with Crippen LogP contribution in [0.4, 0.5) is 17.1 Å². The van der Waals surface area contributed by atoms with Gasteiger partial charge in [-0.3, -0.25) is 19.7 Å². The number of ether oxygens (including phenoxy) is 1. The molecule has 0 heterocycles. The summed E-state index contributed by atoms with van der Waals surface area (Å²) in [4.78, 5) is 34.5. The highest BCUT2D eigenvalue weighted by atomic mass is 79.9. The standard InChI is InChI=1S/C19H20BrN3O5/c1-19(2,3)18(25)21-12-5-4-6-14(9-12)28-11-17(24)22-16-10-13(23(26)27)7-8-15(16)20/h4-10H,11H2,1-3H3,(H,21,25)(H,22,24). The average Bonchev–Trinajstić information content (AvgIpc) is 2.61. The van der Waals surface area contributed by atoms with Gasteiger partial charge in [0.15, 0.2) is 6.61 Å². The summed E-state index contributed by atoms with van der Waals surface area (Å²) in [6, 6.07) is 10.7. The zero-order valence-electron chi connectivity index (χ0n) is 15.6. The first-order chi connectivity index (χ1) is 13.1. The molecule has 0 saturated heterocycles. The summed E-state index contributed by atoms with van der Waals surface area (Å²) in [7, 11) is 0. The van der Waals surface area contributed by atoms with Crippen LogP contribution in [0.5, 0.6) is 5.75 Å². The smallest absolute Gasteiger partial charge is 0.271 e. The monoisotopic (exact) mass is 449 g/mol. The number of anilines is 2. The van der Waals surface area contributed by atoms with Crippen LogP contribution < -0.4 is 15.4 Å². The lowest BCUT2D eigenvalue weighted by Crippen LogP contribution is -2.27. The molecule has 0 aliphatic carbocycles. The number of nitrogens with zero attached hydrogens (tertiary/aromatic N) is 1. The van der Waals surface area contributed by atoms with E-state index < -0.39 is 16.2 Å². The van der Waals surface area contributed by atoms with Crippen molar-refractivity contribution in [3.8, 4) is 5.75 Å². The second-order valence-electron chi connectivity index (χ2n) is 6.99. The van der Waals surface area contributed by atoms with Crippen molar-refractivity contribution in [2.24, 2.45) is 5.41 Å². The number of nitro groups is 1. The Morgan fingerprint density at radius 3 is 2.50 bits per heavy atom. The van der Waals surface area contributed by atoms with Crippen LogP contribution in [0.3, 0.4) is 0 Å². The van der Waals surface area contributed by atoms with Crippen LogP contribution in [0.25, 0.3) is 0 Å². The molecule has 0 spiro atoms. The number of nitrogens with one attached hydrogen (secondary N) is 2. The van der Waals surface area contributed by atoms with E-state index in [4.69, 9.17) is 4.74 Å². The number of rotatable bonds is 6. The molecule has 2 aromatic carbocycles. The van der Waals surface area contributed by atoms with Gasteiger partial charge in [0.05, 0.1) is 10.6 Å². The third-order valence-corrected chi connectivity index (χ3v) is 4.27. The number of non-ortho nitro benzene ring substituents is 1. The van der Waals surface area contributed by atoms with Gasteiger partial charge < -0.3 is 15.4 Å². The van der Waals surface area contributed by atoms with E-state index in [-0.39, 0.29) is 23.9 Å². The summed E-state index contributed by atoms with van der Waals surface area (Å²) in [6.45, 7) is 5.11. The van der Waals surface area contributed by atoms with Crippen LogP contribution in [0, 0.1) is 15.5 Å². The van der Waals surface area contributed by atoms with E-state index in [0.29, 0.717) is 15.9 Å². The van der Waals surface area contributed by atoms with E-state index in [1.807, 2.05) is 0 Å². The minimum Gasteiger partial charge on any atom is -0.484 e.